The van der Waals surface area contributed by atoms with E-state index in [1.807, 2.05) is 42.1 Å². The molecule has 1 saturated carbocycles. The largest absolute Gasteiger partial charge is 0.348 e. The number of hydrogen-bond acceptors (Lipinski definition) is 2. The zero-order chi connectivity index (χ0) is 20.3. The fourth-order valence-corrected chi connectivity index (χ4v) is 5.83. The molecular weight excluding hydrogens is 386 g/mol. The van der Waals surface area contributed by atoms with Crippen molar-refractivity contribution in [2.75, 3.05) is 0 Å². The Hall–Kier alpha value is -2.78. The van der Waals surface area contributed by atoms with E-state index in [9.17, 15) is 4.79 Å². The van der Waals surface area contributed by atoms with E-state index in [1.54, 1.807) is 0 Å². The van der Waals surface area contributed by atoms with E-state index in [4.69, 9.17) is 0 Å². The van der Waals surface area contributed by atoms with Crippen LogP contribution in [0.4, 0.5) is 0 Å². The van der Waals surface area contributed by atoms with Gasteiger partial charge in [-0.25, -0.2) is 0 Å². The number of carbonyl (C=O) groups is 1. The fraction of sp³-hybridized carbons (Fsp3) is 0.222. The monoisotopic (exact) mass is 411 g/mol. The van der Waals surface area contributed by atoms with Crippen molar-refractivity contribution in [2.45, 2.75) is 41.9 Å². The van der Waals surface area contributed by atoms with Crippen LogP contribution in [-0.4, -0.2) is 17.2 Å². The first kappa shape index (κ1) is 19.2. The molecule has 0 unspecified atom stereocenters. The second-order valence-corrected chi connectivity index (χ2v) is 9.37. The zero-order valence-electron chi connectivity index (χ0n) is 16.9. The van der Waals surface area contributed by atoms with Crippen molar-refractivity contribution in [2.24, 2.45) is 0 Å². The Morgan fingerprint density at radius 2 is 1.50 bits per heavy atom. The minimum Gasteiger partial charge on any atom is -0.348 e. The predicted octanol–water partition coefficient (Wildman–Crippen LogP) is 6.83. The van der Waals surface area contributed by atoms with Gasteiger partial charge in [0.25, 0.3) is 5.91 Å². The molecule has 2 atom stereocenters. The van der Waals surface area contributed by atoms with Crippen LogP contribution in [0.3, 0.4) is 0 Å². The molecule has 0 aromatic heterocycles. The standard InChI is InChI=1S/C27H25NOS/c29-27(24-13-7-11-20-9-3-4-12-23(20)24)28-25-14-5-6-15-26(25)30-22-17-16-19-8-1-2-10-21(19)18-22/h1-4,7-13,16-18,25-26H,5-6,14-15H2,(H,28,29)/t25-,26-/m1/s1. The number of nitrogens with one attached hydrogen (secondary N) is 1. The van der Waals surface area contributed by atoms with E-state index in [-0.39, 0.29) is 11.9 Å². The molecule has 1 aliphatic carbocycles. The van der Waals surface area contributed by atoms with Crippen molar-refractivity contribution in [3.8, 4) is 0 Å². The third kappa shape index (κ3) is 3.95. The van der Waals surface area contributed by atoms with E-state index < -0.39 is 0 Å². The quantitative estimate of drug-likeness (QED) is 0.399. The van der Waals surface area contributed by atoms with Crippen LogP contribution in [0, 0.1) is 0 Å². The van der Waals surface area contributed by atoms with Crippen LogP contribution in [0.25, 0.3) is 21.5 Å². The molecule has 4 aromatic carbocycles. The average Bonchev–Trinajstić information content (AvgIpc) is 2.80. The van der Waals surface area contributed by atoms with Gasteiger partial charge in [0.15, 0.2) is 0 Å². The lowest BCUT2D eigenvalue weighted by Gasteiger charge is -2.32. The lowest BCUT2D eigenvalue weighted by atomic mass is 9.94. The van der Waals surface area contributed by atoms with Gasteiger partial charge in [-0.2, -0.15) is 0 Å². The summed E-state index contributed by atoms with van der Waals surface area (Å²) >= 11 is 1.91. The molecule has 0 heterocycles. The van der Waals surface area contributed by atoms with Crippen LogP contribution in [0.15, 0.2) is 89.8 Å². The number of hydrogen-bond donors (Lipinski definition) is 1. The normalized spacial score (nSPS) is 19.1. The summed E-state index contributed by atoms with van der Waals surface area (Å²) < 4.78 is 0. The molecular formula is C27H25NOS. The highest BCUT2D eigenvalue weighted by atomic mass is 32.2. The van der Waals surface area contributed by atoms with Crippen molar-refractivity contribution in [1.29, 1.82) is 0 Å². The van der Waals surface area contributed by atoms with Gasteiger partial charge in [-0.3, -0.25) is 4.79 Å². The topological polar surface area (TPSA) is 29.1 Å². The smallest absolute Gasteiger partial charge is 0.252 e. The molecule has 2 nitrogen and oxygen atoms in total. The van der Waals surface area contributed by atoms with Gasteiger partial charge in [-0.1, -0.05) is 79.6 Å². The number of amides is 1. The highest BCUT2D eigenvalue weighted by Crippen LogP contribution is 2.35. The number of fused-ring (bicyclic) bond motifs is 2. The van der Waals surface area contributed by atoms with Gasteiger partial charge in [0.1, 0.15) is 0 Å². The Labute approximate surface area is 181 Å². The van der Waals surface area contributed by atoms with Crippen molar-refractivity contribution in [3.05, 3.63) is 90.5 Å². The summed E-state index contributed by atoms with van der Waals surface area (Å²) in [5.74, 6) is 0.0443. The maximum atomic E-state index is 13.2. The Kier molecular flexibility index (Phi) is 5.46. The molecule has 1 N–H and O–H groups in total. The van der Waals surface area contributed by atoms with Crippen LogP contribution in [0.2, 0.25) is 0 Å². The zero-order valence-corrected chi connectivity index (χ0v) is 17.7. The molecule has 1 fully saturated rings. The van der Waals surface area contributed by atoms with E-state index in [0.29, 0.717) is 5.25 Å². The molecule has 150 valence electrons. The molecule has 5 rings (SSSR count). The Morgan fingerprint density at radius 1 is 0.767 bits per heavy atom. The van der Waals surface area contributed by atoms with Crippen LogP contribution >= 0.6 is 11.8 Å². The highest BCUT2D eigenvalue weighted by Gasteiger charge is 2.28. The van der Waals surface area contributed by atoms with Gasteiger partial charge in [-0.05, 0) is 52.6 Å². The maximum Gasteiger partial charge on any atom is 0.252 e. The molecule has 0 spiro atoms. The highest BCUT2D eigenvalue weighted by molar-refractivity contribution is 8.00. The summed E-state index contributed by atoms with van der Waals surface area (Å²) in [5.41, 5.74) is 0.771. The van der Waals surface area contributed by atoms with E-state index in [0.717, 1.165) is 29.2 Å². The molecule has 0 radical (unpaired) electrons. The Morgan fingerprint density at radius 3 is 2.40 bits per heavy atom. The van der Waals surface area contributed by atoms with Gasteiger partial charge in [0.05, 0.1) is 0 Å². The van der Waals surface area contributed by atoms with Crippen molar-refractivity contribution in [3.63, 3.8) is 0 Å². The maximum absolute atomic E-state index is 13.2. The first-order valence-electron chi connectivity index (χ1n) is 10.7. The van der Waals surface area contributed by atoms with Crippen molar-refractivity contribution < 1.29 is 4.79 Å². The summed E-state index contributed by atoms with van der Waals surface area (Å²) in [6.45, 7) is 0. The summed E-state index contributed by atoms with van der Waals surface area (Å²) in [5, 5.41) is 8.45. The molecule has 3 heteroatoms. The molecule has 0 bridgehead atoms. The minimum atomic E-state index is 0.0443. The summed E-state index contributed by atoms with van der Waals surface area (Å²) in [7, 11) is 0. The predicted molar refractivity (Wildman–Crippen MR) is 127 cm³/mol. The Balaban J connectivity index is 1.36. The van der Waals surface area contributed by atoms with Gasteiger partial charge >= 0.3 is 0 Å². The van der Waals surface area contributed by atoms with Crippen LogP contribution < -0.4 is 5.32 Å². The fourth-order valence-electron chi connectivity index (χ4n) is 4.49. The van der Waals surface area contributed by atoms with E-state index in [1.165, 1.54) is 28.5 Å². The molecule has 4 aromatic rings. The van der Waals surface area contributed by atoms with Crippen LogP contribution in [0.1, 0.15) is 36.0 Å². The number of thioether (sulfide) groups is 1. The number of benzene rings is 4. The Bertz CT molecular complexity index is 1200. The molecule has 1 amide bonds. The number of carbonyl (C=O) groups excluding carboxylic acids is 1. The third-order valence-corrected chi connectivity index (χ3v) is 7.45. The molecule has 0 aliphatic heterocycles. The second kappa shape index (κ2) is 8.53. The van der Waals surface area contributed by atoms with Gasteiger partial charge < -0.3 is 5.32 Å². The minimum absolute atomic E-state index is 0.0443. The van der Waals surface area contributed by atoms with Gasteiger partial charge in [0.2, 0.25) is 0 Å². The van der Waals surface area contributed by atoms with Gasteiger partial charge in [-0.15, -0.1) is 11.8 Å². The van der Waals surface area contributed by atoms with Crippen LogP contribution in [0.5, 0.6) is 0 Å². The summed E-state index contributed by atoms with van der Waals surface area (Å²) in [6.07, 6.45) is 4.58. The third-order valence-electron chi connectivity index (χ3n) is 6.06. The first-order valence-corrected chi connectivity index (χ1v) is 11.6. The number of rotatable bonds is 4. The average molecular weight is 412 g/mol. The molecule has 30 heavy (non-hydrogen) atoms. The van der Waals surface area contributed by atoms with E-state index >= 15 is 0 Å². The lowest BCUT2D eigenvalue weighted by molar-refractivity contribution is 0.0931. The molecule has 0 saturated heterocycles. The van der Waals surface area contributed by atoms with Crippen molar-refractivity contribution >= 4 is 39.2 Å². The van der Waals surface area contributed by atoms with Crippen LogP contribution in [-0.2, 0) is 0 Å². The van der Waals surface area contributed by atoms with Crippen molar-refractivity contribution in [1.82, 2.24) is 5.32 Å². The second-order valence-electron chi connectivity index (χ2n) is 8.06. The summed E-state index contributed by atoms with van der Waals surface area (Å²) in [4.78, 5) is 14.5. The lowest BCUT2D eigenvalue weighted by Crippen LogP contribution is -2.43. The van der Waals surface area contributed by atoms with E-state index in [2.05, 4.69) is 59.9 Å². The van der Waals surface area contributed by atoms with Gasteiger partial charge in [0, 0.05) is 21.8 Å². The molecule has 1 aliphatic rings. The first-order chi connectivity index (χ1) is 14.8. The SMILES string of the molecule is O=C(N[C@@H]1CCCC[C@H]1Sc1ccc2ccccc2c1)c1cccc2ccccc12. The summed E-state index contributed by atoms with van der Waals surface area (Å²) in [6, 6.07) is 29.4.